The Morgan fingerprint density at radius 1 is 1.04 bits per heavy atom. The molecule has 23 heavy (non-hydrogen) atoms. The zero-order valence-electron chi connectivity index (χ0n) is 15.0. The summed E-state index contributed by atoms with van der Waals surface area (Å²) in [5.74, 6) is 1.59. The molecule has 1 aromatic carbocycles. The van der Waals surface area contributed by atoms with Crippen molar-refractivity contribution in [1.29, 1.82) is 0 Å². The summed E-state index contributed by atoms with van der Waals surface area (Å²) in [5, 5.41) is 0. The van der Waals surface area contributed by atoms with E-state index < -0.39 is 0 Å². The van der Waals surface area contributed by atoms with Crippen molar-refractivity contribution >= 4 is 23.1 Å². The van der Waals surface area contributed by atoms with Gasteiger partial charge in [-0.25, -0.2) is 0 Å². The Kier molecular flexibility index (Phi) is 18.8. The second kappa shape index (κ2) is 17.0. The van der Waals surface area contributed by atoms with Crippen LogP contribution in [0.25, 0.3) is 0 Å². The van der Waals surface area contributed by atoms with E-state index in [0.717, 1.165) is 24.9 Å². The maximum Gasteiger partial charge on any atom is 2.00 e. The maximum atomic E-state index is 5.53. The first-order valence-electron chi connectivity index (χ1n) is 8.19. The summed E-state index contributed by atoms with van der Waals surface area (Å²) in [4.78, 5) is 0. The number of hydrogen-bond acceptors (Lipinski definition) is 2. The Morgan fingerprint density at radius 2 is 1.74 bits per heavy atom. The molecule has 0 N–H and O–H groups in total. The van der Waals surface area contributed by atoms with E-state index in [-0.39, 0.29) is 35.5 Å². The fourth-order valence-electron chi connectivity index (χ4n) is 2.69. The van der Waals surface area contributed by atoms with Crippen LogP contribution >= 0.6 is 0 Å². The molecular formula is C19H31ClMgO2. The monoisotopic (exact) mass is 350 g/mol. The molecule has 0 aliphatic heterocycles. The molecule has 2 atom stereocenters. The van der Waals surface area contributed by atoms with Gasteiger partial charge in [0.25, 0.3) is 0 Å². The molecule has 0 radical (unpaired) electrons. The Labute approximate surface area is 165 Å². The molecule has 0 aliphatic carbocycles. The van der Waals surface area contributed by atoms with Gasteiger partial charge in [0.2, 0.25) is 0 Å². The van der Waals surface area contributed by atoms with Gasteiger partial charge < -0.3 is 28.3 Å². The van der Waals surface area contributed by atoms with Crippen LogP contribution in [-0.4, -0.2) is 36.5 Å². The van der Waals surface area contributed by atoms with E-state index in [1.54, 1.807) is 0 Å². The second-order valence-electron chi connectivity index (χ2n) is 6.09. The summed E-state index contributed by atoms with van der Waals surface area (Å²) in [7, 11) is 0. The summed E-state index contributed by atoms with van der Waals surface area (Å²) in [5.41, 5.74) is 1.19. The number of hydrogen-bond donors (Lipinski definition) is 0. The van der Waals surface area contributed by atoms with Crippen LogP contribution in [-0.2, 0) is 16.1 Å². The smallest absolute Gasteiger partial charge is 1.00 e. The summed E-state index contributed by atoms with van der Waals surface area (Å²) in [6, 6.07) is 10.2. The Bertz CT molecular complexity index is 348. The normalized spacial score (nSPS) is 12.8. The first-order chi connectivity index (χ1) is 10.2. The molecule has 4 heteroatoms. The van der Waals surface area contributed by atoms with Crippen molar-refractivity contribution in [1.82, 2.24) is 0 Å². The Morgan fingerprint density at radius 3 is 2.39 bits per heavy atom. The van der Waals surface area contributed by atoms with Crippen molar-refractivity contribution in [2.75, 3.05) is 13.4 Å². The van der Waals surface area contributed by atoms with E-state index in [4.69, 9.17) is 9.47 Å². The van der Waals surface area contributed by atoms with Gasteiger partial charge in [-0.1, -0.05) is 56.5 Å². The molecule has 0 saturated heterocycles. The minimum absolute atomic E-state index is 0. The average molecular weight is 351 g/mol. The quantitative estimate of drug-likeness (QED) is 0.248. The second-order valence-corrected chi connectivity index (χ2v) is 6.09. The zero-order valence-corrected chi connectivity index (χ0v) is 17.1. The van der Waals surface area contributed by atoms with E-state index in [1.807, 2.05) is 18.2 Å². The fourth-order valence-corrected chi connectivity index (χ4v) is 2.69. The molecule has 0 heterocycles. The third-order valence-corrected chi connectivity index (χ3v) is 3.71. The summed E-state index contributed by atoms with van der Waals surface area (Å²) in [6.07, 6.45) is 7.18. The molecule has 0 spiro atoms. The van der Waals surface area contributed by atoms with Gasteiger partial charge in [-0.15, -0.1) is 0 Å². The minimum Gasteiger partial charge on any atom is -1.00 e. The predicted molar refractivity (Wildman–Crippen MR) is 94.6 cm³/mol. The van der Waals surface area contributed by atoms with Crippen LogP contribution in [0.1, 0.15) is 52.0 Å². The van der Waals surface area contributed by atoms with Gasteiger partial charge in [0, 0.05) is 6.61 Å². The standard InChI is InChI=1S/C19H31O2.ClH.Mg/c1-4-9-17(2)14-18(3)10-8-13-20-16-21-15-19-11-6-5-7-12-19;;/h4-7,11-12,17-18H,8-10,13-16H2,1-3H3;1H;/q-1;;+2/p-1. The maximum absolute atomic E-state index is 5.53. The summed E-state index contributed by atoms with van der Waals surface area (Å²) in [6.45, 7) is 8.65. The van der Waals surface area contributed by atoms with Crippen LogP contribution in [0.4, 0.5) is 0 Å². The van der Waals surface area contributed by atoms with Crippen LogP contribution in [0.15, 0.2) is 30.3 Å². The van der Waals surface area contributed by atoms with Gasteiger partial charge in [0.15, 0.2) is 0 Å². The van der Waals surface area contributed by atoms with Crippen molar-refractivity contribution < 1.29 is 21.9 Å². The number of rotatable bonds is 12. The van der Waals surface area contributed by atoms with Crippen LogP contribution in [0.2, 0.25) is 0 Å². The Hall–Kier alpha value is 0.196. The molecule has 0 aromatic heterocycles. The third-order valence-electron chi connectivity index (χ3n) is 3.71. The van der Waals surface area contributed by atoms with Crippen molar-refractivity contribution in [2.24, 2.45) is 11.8 Å². The van der Waals surface area contributed by atoms with Crippen LogP contribution in [0.3, 0.4) is 0 Å². The van der Waals surface area contributed by atoms with Crippen molar-refractivity contribution in [3.05, 3.63) is 42.3 Å². The SMILES string of the molecule is C[CH-]CC(C)CC(C)CCCOCOCc1ccccc1.[Cl-].[Mg+2]. The summed E-state index contributed by atoms with van der Waals surface area (Å²) < 4.78 is 11.0. The van der Waals surface area contributed by atoms with Crippen LogP contribution < -0.4 is 12.4 Å². The van der Waals surface area contributed by atoms with Crippen molar-refractivity contribution in [3.8, 4) is 0 Å². The topological polar surface area (TPSA) is 18.5 Å². The molecule has 2 nitrogen and oxygen atoms in total. The van der Waals surface area contributed by atoms with Gasteiger partial charge in [0.1, 0.15) is 6.79 Å². The van der Waals surface area contributed by atoms with Gasteiger partial charge in [-0.05, 0) is 24.3 Å². The summed E-state index contributed by atoms with van der Waals surface area (Å²) >= 11 is 0. The van der Waals surface area contributed by atoms with E-state index in [0.29, 0.717) is 13.4 Å². The van der Waals surface area contributed by atoms with Gasteiger partial charge in [-0.2, -0.15) is 13.3 Å². The first-order valence-corrected chi connectivity index (χ1v) is 8.19. The van der Waals surface area contributed by atoms with Crippen molar-refractivity contribution in [3.63, 3.8) is 0 Å². The number of ether oxygens (including phenoxy) is 2. The Balaban J connectivity index is 0. The third kappa shape index (κ3) is 14.3. The molecule has 128 valence electrons. The molecule has 1 rings (SSSR count). The average Bonchev–Trinajstić information content (AvgIpc) is 2.47. The molecule has 0 bridgehead atoms. The van der Waals surface area contributed by atoms with Gasteiger partial charge >= 0.3 is 23.1 Å². The van der Waals surface area contributed by atoms with E-state index >= 15 is 0 Å². The zero-order chi connectivity index (χ0) is 15.3. The molecule has 0 aliphatic rings. The fraction of sp³-hybridized carbons (Fsp3) is 0.632. The first kappa shape index (κ1) is 25.4. The van der Waals surface area contributed by atoms with Crippen LogP contribution in [0.5, 0.6) is 0 Å². The van der Waals surface area contributed by atoms with Crippen LogP contribution in [0, 0.1) is 18.3 Å². The molecule has 0 amide bonds. The molecule has 1 aromatic rings. The minimum atomic E-state index is 0. The van der Waals surface area contributed by atoms with Crippen molar-refractivity contribution in [2.45, 2.75) is 53.1 Å². The van der Waals surface area contributed by atoms with Gasteiger partial charge in [0.05, 0.1) is 6.61 Å². The van der Waals surface area contributed by atoms with E-state index in [9.17, 15) is 0 Å². The largest absolute Gasteiger partial charge is 2.00 e. The molecular weight excluding hydrogens is 320 g/mol. The van der Waals surface area contributed by atoms with E-state index in [1.165, 1.54) is 24.8 Å². The molecule has 0 fully saturated rings. The predicted octanol–water partition coefficient (Wildman–Crippen LogP) is 1.86. The van der Waals surface area contributed by atoms with Gasteiger partial charge in [-0.3, -0.25) is 0 Å². The molecule has 0 saturated carbocycles. The number of halogens is 1. The number of benzene rings is 1. The van der Waals surface area contributed by atoms with E-state index in [2.05, 4.69) is 39.3 Å². The molecule has 2 unspecified atom stereocenters.